The summed E-state index contributed by atoms with van der Waals surface area (Å²) < 4.78 is 7.10. The maximum atomic E-state index is 11.5. The number of pyridine rings is 1. The zero-order valence-corrected chi connectivity index (χ0v) is 15.1. The van der Waals surface area contributed by atoms with Crippen LogP contribution in [0, 0.1) is 13.8 Å². The van der Waals surface area contributed by atoms with Crippen molar-refractivity contribution in [2.24, 2.45) is 0 Å². The Kier molecular flexibility index (Phi) is 4.96. The van der Waals surface area contributed by atoms with Crippen molar-refractivity contribution < 1.29 is 14.6 Å². The van der Waals surface area contributed by atoms with Crippen LogP contribution in [0.5, 0.6) is 0 Å². The molecule has 6 nitrogen and oxygen atoms in total. The van der Waals surface area contributed by atoms with Crippen LogP contribution in [0.4, 0.5) is 0 Å². The monoisotopic (exact) mass is 357 g/mol. The topological polar surface area (TPSA) is 77.2 Å². The molecule has 0 radical (unpaired) electrons. The highest BCUT2D eigenvalue weighted by molar-refractivity contribution is 7.13. The number of nitrogens with zero attached hydrogens (tertiary/aromatic N) is 3. The van der Waals surface area contributed by atoms with Crippen molar-refractivity contribution in [3.8, 4) is 22.0 Å². The third kappa shape index (κ3) is 3.47. The molecule has 0 saturated heterocycles. The number of carboxylic acid groups (broad SMARTS) is 1. The second-order valence-corrected chi connectivity index (χ2v) is 6.56. The predicted octanol–water partition coefficient (Wildman–Crippen LogP) is 3.64. The molecule has 0 aliphatic carbocycles. The van der Waals surface area contributed by atoms with Crippen molar-refractivity contribution in [2.75, 3.05) is 13.7 Å². The number of hydrogen-bond acceptors (Lipinski definition) is 5. The van der Waals surface area contributed by atoms with E-state index in [-0.39, 0.29) is 5.56 Å². The number of rotatable bonds is 6. The van der Waals surface area contributed by atoms with Crippen LogP contribution in [0.15, 0.2) is 29.8 Å². The second-order valence-electron chi connectivity index (χ2n) is 5.70. The molecule has 7 heteroatoms. The minimum atomic E-state index is -0.937. The Balaban J connectivity index is 2.02. The molecular formula is C18H19N3O3S. The minimum absolute atomic E-state index is 0.289. The number of thiazole rings is 1. The van der Waals surface area contributed by atoms with Crippen LogP contribution < -0.4 is 0 Å². The van der Waals surface area contributed by atoms with Gasteiger partial charge in [0.15, 0.2) is 0 Å². The molecule has 130 valence electrons. The lowest BCUT2D eigenvalue weighted by molar-refractivity contribution is 0.0696. The molecule has 3 heterocycles. The van der Waals surface area contributed by atoms with E-state index in [2.05, 4.69) is 9.97 Å². The highest BCUT2D eigenvalue weighted by Crippen LogP contribution is 2.31. The van der Waals surface area contributed by atoms with E-state index in [9.17, 15) is 9.90 Å². The summed E-state index contributed by atoms with van der Waals surface area (Å²) in [6.45, 7) is 4.82. The molecule has 3 rings (SSSR count). The summed E-state index contributed by atoms with van der Waals surface area (Å²) in [7, 11) is 1.63. The van der Waals surface area contributed by atoms with Crippen LogP contribution >= 0.6 is 11.3 Å². The van der Waals surface area contributed by atoms with Gasteiger partial charge in [-0.15, -0.1) is 11.3 Å². The van der Waals surface area contributed by atoms with E-state index in [0.717, 1.165) is 27.7 Å². The molecule has 0 unspecified atom stereocenters. The first kappa shape index (κ1) is 17.3. The lowest BCUT2D eigenvalue weighted by Crippen LogP contribution is -2.08. The van der Waals surface area contributed by atoms with Gasteiger partial charge in [0.2, 0.25) is 0 Å². The van der Waals surface area contributed by atoms with Gasteiger partial charge in [-0.05, 0) is 32.0 Å². The van der Waals surface area contributed by atoms with Gasteiger partial charge in [0.05, 0.1) is 23.6 Å². The lowest BCUT2D eigenvalue weighted by Gasteiger charge is -2.09. The van der Waals surface area contributed by atoms with Gasteiger partial charge in [0.1, 0.15) is 5.01 Å². The van der Waals surface area contributed by atoms with Crippen LogP contribution in [0.1, 0.15) is 21.7 Å². The molecule has 1 N–H and O–H groups in total. The van der Waals surface area contributed by atoms with Crippen molar-refractivity contribution in [1.82, 2.24) is 14.5 Å². The largest absolute Gasteiger partial charge is 0.478 e. The van der Waals surface area contributed by atoms with E-state index in [1.54, 1.807) is 26.3 Å². The zero-order valence-electron chi connectivity index (χ0n) is 14.3. The first-order valence-electron chi connectivity index (χ1n) is 7.82. The Morgan fingerprint density at radius 1 is 1.36 bits per heavy atom. The first-order valence-corrected chi connectivity index (χ1v) is 8.70. The summed E-state index contributed by atoms with van der Waals surface area (Å²) in [5.41, 5.74) is 4.44. The number of methoxy groups -OCH3 is 1. The molecule has 0 atom stereocenters. The summed E-state index contributed by atoms with van der Waals surface area (Å²) in [5.74, 6) is -0.937. The number of aryl methyl sites for hydroxylation is 1. The van der Waals surface area contributed by atoms with Crippen LogP contribution in [-0.2, 0) is 11.3 Å². The maximum absolute atomic E-state index is 11.5. The summed E-state index contributed by atoms with van der Waals surface area (Å²) >= 11 is 1.52. The van der Waals surface area contributed by atoms with Gasteiger partial charge >= 0.3 is 5.97 Å². The number of ether oxygens (including phenoxy) is 1. The molecule has 0 fully saturated rings. The van der Waals surface area contributed by atoms with Gasteiger partial charge in [0.25, 0.3) is 0 Å². The fourth-order valence-electron chi connectivity index (χ4n) is 2.66. The standard InChI is InChI=1S/C18H19N3O3S/c1-11-4-5-13(9-19-11)17-20-15(10-25-17)16-8-14(18(22)23)12(2)21(16)6-7-24-3/h4-5,8-10H,6-7H2,1-3H3,(H,22,23). The number of carboxylic acids is 1. The molecule has 3 aromatic heterocycles. The van der Waals surface area contributed by atoms with Gasteiger partial charge in [-0.3, -0.25) is 4.98 Å². The predicted molar refractivity (Wildman–Crippen MR) is 97.1 cm³/mol. The zero-order chi connectivity index (χ0) is 18.0. The van der Waals surface area contributed by atoms with Gasteiger partial charge in [-0.2, -0.15) is 0 Å². The summed E-state index contributed by atoms with van der Waals surface area (Å²) in [4.78, 5) is 20.5. The lowest BCUT2D eigenvalue weighted by atomic mass is 10.2. The van der Waals surface area contributed by atoms with Crippen LogP contribution in [0.3, 0.4) is 0 Å². The molecule has 0 aliphatic rings. The van der Waals surface area contributed by atoms with Crippen LogP contribution in [0.25, 0.3) is 22.0 Å². The molecule has 0 aromatic carbocycles. The van der Waals surface area contributed by atoms with Crippen molar-refractivity contribution in [1.29, 1.82) is 0 Å². The fraction of sp³-hybridized carbons (Fsp3) is 0.278. The molecule has 0 spiro atoms. The molecule has 3 aromatic rings. The van der Waals surface area contributed by atoms with Crippen LogP contribution in [-0.4, -0.2) is 39.3 Å². The third-order valence-electron chi connectivity index (χ3n) is 4.04. The van der Waals surface area contributed by atoms with Crippen LogP contribution in [0.2, 0.25) is 0 Å². The second kappa shape index (κ2) is 7.16. The van der Waals surface area contributed by atoms with Crippen molar-refractivity contribution >= 4 is 17.3 Å². The van der Waals surface area contributed by atoms with Gasteiger partial charge in [-0.25, -0.2) is 9.78 Å². The van der Waals surface area contributed by atoms with Crippen molar-refractivity contribution in [2.45, 2.75) is 20.4 Å². The quantitative estimate of drug-likeness (QED) is 0.729. The Bertz CT molecular complexity index is 897. The van der Waals surface area contributed by atoms with Gasteiger partial charge in [-0.1, -0.05) is 0 Å². The molecular weight excluding hydrogens is 338 g/mol. The molecule has 0 bridgehead atoms. The molecule has 0 saturated carbocycles. The van der Waals surface area contributed by atoms with Crippen molar-refractivity contribution in [3.05, 3.63) is 46.7 Å². The Labute approximate surface area is 149 Å². The summed E-state index contributed by atoms with van der Waals surface area (Å²) in [5, 5.41) is 12.2. The van der Waals surface area contributed by atoms with E-state index in [1.807, 2.05) is 29.0 Å². The van der Waals surface area contributed by atoms with Crippen molar-refractivity contribution in [3.63, 3.8) is 0 Å². The third-order valence-corrected chi connectivity index (χ3v) is 4.93. The van der Waals surface area contributed by atoms with E-state index in [1.165, 1.54) is 11.3 Å². The molecule has 0 amide bonds. The number of carbonyl (C=O) groups is 1. The Hall–Kier alpha value is -2.51. The highest BCUT2D eigenvalue weighted by atomic mass is 32.1. The minimum Gasteiger partial charge on any atom is -0.478 e. The van der Waals surface area contributed by atoms with E-state index in [4.69, 9.17) is 4.74 Å². The SMILES string of the molecule is COCCn1c(-c2csc(-c3ccc(C)nc3)n2)cc(C(=O)O)c1C. The number of aromatic carboxylic acids is 1. The van der Waals surface area contributed by atoms with Gasteiger partial charge < -0.3 is 14.4 Å². The van der Waals surface area contributed by atoms with E-state index >= 15 is 0 Å². The average Bonchev–Trinajstić information content (AvgIpc) is 3.18. The number of hydrogen-bond donors (Lipinski definition) is 1. The van der Waals surface area contributed by atoms with E-state index < -0.39 is 5.97 Å². The van der Waals surface area contributed by atoms with E-state index in [0.29, 0.717) is 18.8 Å². The fourth-order valence-corrected chi connectivity index (χ4v) is 3.47. The molecule has 0 aliphatic heterocycles. The number of aromatic nitrogens is 3. The maximum Gasteiger partial charge on any atom is 0.337 e. The average molecular weight is 357 g/mol. The smallest absolute Gasteiger partial charge is 0.337 e. The molecule has 25 heavy (non-hydrogen) atoms. The Morgan fingerprint density at radius 2 is 2.16 bits per heavy atom. The normalized spacial score (nSPS) is 11.0. The first-order chi connectivity index (χ1) is 12.0. The summed E-state index contributed by atoms with van der Waals surface area (Å²) in [6, 6.07) is 5.62. The highest BCUT2D eigenvalue weighted by Gasteiger charge is 2.19. The van der Waals surface area contributed by atoms with Gasteiger partial charge in [0, 0.05) is 42.2 Å². The summed E-state index contributed by atoms with van der Waals surface area (Å²) in [6.07, 6.45) is 1.80. The Morgan fingerprint density at radius 3 is 2.80 bits per heavy atom.